The van der Waals surface area contributed by atoms with Crippen LogP contribution in [-0.2, 0) is 6.18 Å². The van der Waals surface area contributed by atoms with Crippen LogP contribution in [-0.4, -0.2) is 6.18 Å². The molecular weight excluding hydrogens is 294 g/mol. The zero-order valence-corrected chi connectivity index (χ0v) is 10.5. The predicted molar refractivity (Wildman–Crippen MR) is 65.8 cm³/mol. The van der Waals surface area contributed by atoms with Crippen molar-refractivity contribution in [2.75, 3.05) is 0 Å². The lowest BCUT2D eigenvalue weighted by atomic mass is 9.87. The first-order chi connectivity index (χ1) is 9.71. The molecule has 0 fully saturated rings. The van der Waals surface area contributed by atoms with Crippen molar-refractivity contribution >= 4 is 0 Å². The summed E-state index contributed by atoms with van der Waals surface area (Å²) in [6.45, 7) is 0. The van der Waals surface area contributed by atoms with Gasteiger partial charge in [0, 0.05) is 0 Å². The Hall–Kier alpha value is -1.98. The second kappa shape index (κ2) is 5.42. The van der Waals surface area contributed by atoms with Crippen LogP contribution in [0.2, 0.25) is 0 Å². The van der Waals surface area contributed by atoms with E-state index in [2.05, 4.69) is 0 Å². The molecule has 2 aromatic carbocycles. The largest absolute Gasteiger partial charge is 0.416 e. The Morgan fingerprint density at radius 1 is 0.667 bits per heavy atom. The minimum Gasteiger partial charge on any atom is -0.170 e. The van der Waals surface area contributed by atoms with Gasteiger partial charge in [0.25, 0.3) is 0 Å². The van der Waals surface area contributed by atoms with Crippen LogP contribution in [0.15, 0.2) is 54.6 Å². The Labute approximate surface area is 117 Å². The van der Waals surface area contributed by atoms with Crippen molar-refractivity contribution in [3.05, 3.63) is 71.3 Å². The normalized spacial score (nSPS) is 14.0. The molecule has 0 aliphatic heterocycles. The van der Waals surface area contributed by atoms with Crippen molar-refractivity contribution in [1.29, 1.82) is 0 Å². The molecule has 0 aliphatic carbocycles. The van der Waals surface area contributed by atoms with Crippen molar-refractivity contribution in [1.82, 2.24) is 0 Å². The second-order valence-corrected chi connectivity index (χ2v) is 4.47. The molecule has 0 aliphatic rings. The van der Waals surface area contributed by atoms with Gasteiger partial charge in [-0.3, -0.25) is 0 Å². The number of benzene rings is 2. The third-order valence-corrected chi connectivity index (χ3v) is 3.04. The van der Waals surface area contributed by atoms with E-state index in [0.717, 1.165) is 12.1 Å². The van der Waals surface area contributed by atoms with E-state index in [1.165, 1.54) is 36.4 Å². The Morgan fingerprint density at radius 3 is 1.71 bits per heavy atom. The van der Waals surface area contributed by atoms with Gasteiger partial charge in [-0.1, -0.05) is 48.5 Å². The van der Waals surface area contributed by atoms with Gasteiger partial charge < -0.3 is 0 Å². The average Bonchev–Trinajstić information content (AvgIpc) is 2.38. The maximum Gasteiger partial charge on any atom is 0.416 e. The monoisotopic (exact) mass is 304 g/mol. The van der Waals surface area contributed by atoms with Crippen molar-refractivity contribution in [2.45, 2.75) is 18.3 Å². The number of halogens is 6. The maximum atomic E-state index is 13.3. The Kier molecular flexibility index (Phi) is 3.98. The van der Waals surface area contributed by atoms with E-state index in [0.29, 0.717) is 6.07 Å². The topological polar surface area (TPSA) is 0 Å². The fourth-order valence-corrected chi connectivity index (χ4v) is 2.20. The smallest absolute Gasteiger partial charge is 0.170 e. The van der Waals surface area contributed by atoms with Gasteiger partial charge in [0.2, 0.25) is 0 Å². The van der Waals surface area contributed by atoms with E-state index in [1.54, 1.807) is 0 Å². The molecule has 2 rings (SSSR count). The molecule has 0 bridgehead atoms. The summed E-state index contributed by atoms with van der Waals surface area (Å²) in [7, 11) is 0. The SMILES string of the molecule is FC(F)(F)c1ccccc1C(c1ccccc1)C(F)(F)F. The van der Waals surface area contributed by atoms with E-state index in [1.807, 2.05) is 0 Å². The van der Waals surface area contributed by atoms with Gasteiger partial charge in [-0.05, 0) is 17.2 Å². The molecule has 2 aromatic rings. The summed E-state index contributed by atoms with van der Waals surface area (Å²) in [5.41, 5.74) is -2.28. The van der Waals surface area contributed by atoms with Crippen LogP contribution in [0.3, 0.4) is 0 Å². The first kappa shape index (κ1) is 15.4. The molecular formula is C15H10F6. The van der Waals surface area contributed by atoms with Crippen molar-refractivity contribution in [3.63, 3.8) is 0 Å². The highest BCUT2D eigenvalue weighted by molar-refractivity contribution is 5.40. The van der Waals surface area contributed by atoms with Crippen molar-refractivity contribution in [2.24, 2.45) is 0 Å². The third-order valence-electron chi connectivity index (χ3n) is 3.04. The van der Waals surface area contributed by atoms with E-state index < -0.39 is 29.4 Å². The molecule has 0 nitrogen and oxygen atoms in total. The standard InChI is InChI=1S/C15H10F6/c16-14(17,18)12-9-5-4-8-11(12)13(15(19,20)21)10-6-2-1-3-7-10/h1-9,13H. The highest BCUT2D eigenvalue weighted by Gasteiger charge is 2.46. The van der Waals surface area contributed by atoms with Gasteiger partial charge in [-0.15, -0.1) is 0 Å². The average molecular weight is 304 g/mol. The molecule has 112 valence electrons. The Balaban J connectivity index is 2.65. The lowest BCUT2D eigenvalue weighted by molar-refractivity contribution is -0.149. The number of hydrogen-bond acceptors (Lipinski definition) is 0. The highest BCUT2D eigenvalue weighted by atomic mass is 19.4. The summed E-state index contributed by atoms with van der Waals surface area (Å²) in [6.07, 6.45) is -9.66. The molecule has 0 N–H and O–H groups in total. The molecule has 0 aromatic heterocycles. The Morgan fingerprint density at radius 2 is 1.19 bits per heavy atom. The quantitative estimate of drug-likeness (QED) is 0.652. The third kappa shape index (κ3) is 3.37. The van der Waals surface area contributed by atoms with Gasteiger partial charge in [-0.25, -0.2) is 0 Å². The van der Waals surface area contributed by atoms with Crippen LogP contribution in [0.5, 0.6) is 0 Å². The van der Waals surface area contributed by atoms with Gasteiger partial charge in [0.15, 0.2) is 0 Å². The highest BCUT2D eigenvalue weighted by Crippen LogP contribution is 2.44. The summed E-state index contributed by atoms with van der Waals surface area (Å²) in [5.74, 6) is -2.31. The first-order valence-corrected chi connectivity index (χ1v) is 5.99. The molecule has 0 saturated heterocycles. The minimum atomic E-state index is -4.84. The second-order valence-electron chi connectivity index (χ2n) is 4.47. The van der Waals surface area contributed by atoms with Crippen molar-refractivity contribution < 1.29 is 26.3 Å². The lowest BCUT2D eigenvalue weighted by Gasteiger charge is -2.24. The Bertz CT molecular complexity index is 598. The summed E-state index contributed by atoms with van der Waals surface area (Å²) in [4.78, 5) is 0. The van der Waals surface area contributed by atoms with Crippen LogP contribution in [0.25, 0.3) is 0 Å². The number of alkyl halides is 6. The predicted octanol–water partition coefficient (Wildman–Crippen LogP) is 5.40. The van der Waals surface area contributed by atoms with Crippen LogP contribution in [0.4, 0.5) is 26.3 Å². The maximum absolute atomic E-state index is 13.3. The molecule has 6 heteroatoms. The van der Waals surface area contributed by atoms with Gasteiger partial charge in [0.1, 0.15) is 5.92 Å². The van der Waals surface area contributed by atoms with Crippen LogP contribution in [0.1, 0.15) is 22.6 Å². The van der Waals surface area contributed by atoms with Crippen LogP contribution in [0, 0.1) is 0 Å². The molecule has 0 heterocycles. The summed E-state index contributed by atoms with van der Waals surface area (Å²) >= 11 is 0. The zero-order chi connectivity index (χ0) is 15.7. The molecule has 0 spiro atoms. The van der Waals surface area contributed by atoms with E-state index in [-0.39, 0.29) is 5.56 Å². The minimum absolute atomic E-state index is 0.221. The number of rotatable bonds is 2. The van der Waals surface area contributed by atoms with Crippen molar-refractivity contribution in [3.8, 4) is 0 Å². The first-order valence-electron chi connectivity index (χ1n) is 5.99. The van der Waals surface area contributed by atoms with Crippen LogP contribution >= 0.6 is 0 Å². The van der Waals surface area contributed by atoms with E-state index in [9.17, 15) is 26.3 Å². The fourth-order valence-electron chi connectivity index (χ4n) is 2.20. The molecule has 1 atom stereocenters. The summed E-state index contributed by atoms with van der Waals surface area (Å²) < 4.78 is 78.7. The fraction of sp³-hybridized carbons (Fsp3) is 0.200. The summed E-state index contributed by atoms with van der Waals surface area (Å²) in [6, 6.07) is 10.4. The molecule has 1 unspecified atom stereocenters. The molecule has 0 radical (unpaired) electrons. The molecule has 0 amide bonds. The molecule has 21 heavy (non-hydrogen) atoms. The lowest BCUT2D eigenvalue weighted by Crippen LogP contribution is -2.25. The molecule has 0 saturated carbocycles. The van der Waals surface area contributed by atoms with E-state index >= 15 is 0 Å². The van der Waals surface area contributed by atoms with E-state index in [4.69, 9.17) is 0 Å². The van der Waals surface area contributed by atoms with Gasteiger partial charge in [0.05, 0.1) is 5.56 Å². The van der Waals surface area contributed by atoms with Gasteiger partial charge >= 0.3 is 12.4 Å². The summed E-state index contributed by atoms with van der Waals surface area (Å²) in [5, 5.41) is 0. The van der Waals surface area contributed by atoms with Gasteiger partial charge in [-0.2, -0.15) is 26.3 Å². The van der Waals surface area contributed by atoms with Crippen LogP contribution < -0.4 is 0 Å². The zero-order valence-electron chi connectivity index (χ0n) is 10.5. The number of hydrogen-bond donors (Lipinski definition) is 0.